The SMILES string of the molecule is CNC(=O)c1ccc(S(=O)(=O)Oc2ccc3ccccc3c2Br)cc1. The minimum atomic E-state index is -4.02. The number of amides is 1. The second kappa shape index (κ2) is 6.85. The maximum Gasteiger partial charge on any atom is 0.339 e. The fourth-order valence-corrected chi connectivity index (χ4v) is 3.98. The molecule has 7 heteroatoms. The van der Waals surface area contributed by atoms with Crippen LogP contribution in [0, 0.1) is 0 Å². The third-order valence-electron chi connectivity index (χ3n) is 3.66. The minimum Gasteiger partial charge on any atom is -0.378 e. The molecule has 128 valence electrons. The van der Waals surface area contributed by atoms with E-state index in [9.17, 15) is 13.2 Å². The smallest absolute Gasteiger partial charge is 0.339 e. The average molecular weight is 420 g/mol. The Morgan fingerprint density at radius 3 is 2.36 bits per heavy atom. The zero-order valence-electron chi connectivity index (χ0n) is 13.2. The lowest BCUT2D eigenvalue weighted by Gasteiger charge is -2.11. The summed E-state index contributed by atoms with van der Waals surface area (Å²) in [5.41, 5.74) is 0.369. The number of fused-ring (bicyclic) bond motifs is 1. The van der Waals surface area contributed by atoms with Gasteiger partial charge >= 0.3 is 10.1 Å². The number of hydrogen-bond donors (Lipinski definition) is 1. The van der Waals surface area contributed by atoms with Crippen molar-refractivity contribution < 1.29 is 17.4 Å². The topological polar surface area (TPSA) is 72.5 Å². The van der Waals surface area contributed by atoms with E-state index in [2.05, 4.69) is 21.2 Å². The largest absolute Gasteiger partial charge is 0.378 e. The van der Waals surface area contributed by atoms with Crippen LogP contribution in [0.25, 0.3) is 10.8 Å². The van der Waals surface area contributed by atoms with Crippen LogP contribution < -0.4 is 9.50 Å². The van der Waals surface area contributed by atoms with Gasteiger partial charge in [0.2, 0.25) is 0 Å². The summed E-state index contributed by atoms with van der Waals surface area (Å²) < 4.78 is 30.8. The van der Waals surface area contributed by atoms with Gasteiger partial charge in [-0.15, -0.1) is 0 Å². The third kappa shape index (κ3) is 3.52. The Hall–Kier alpha value is -2.38. The molecule has 1 N–H and O–H groups in total. The second-order valence-corrected chi connectivity index (χ2v) is 7.58. The minimum absolute atomic E-state index is 0.0276. The van der Waals surface area contributed by atoms with E-state index in [-0.39, 0.29) is 16.6 Å². The Morgan fingerprint density at radius 2 is 1.68 bits per heavy atom. The van der Waals surface area contributed by atoms with E-state index in [0.29, 0.717) is 10.0 Å². The Morgan fingerprint density at radius 1 is 1.00 bits per heavy atom. The lowest BCUT2D eigenvalue weighted by molar-refractivity contribution is 0.0963. The van der Waals surface area contributed by atoms with Gasteiger partial charge < -0.3 is 9.50 Å². The van der Waals surface area contributed by atoms with Gasteiger partial charge in [0.1, 0.15) is 4.90 Å². The summed E-state index contributed by atoms with van der Waals surface area (Å²) >= 11 is 3.40. The van der Waals surface area contributed by atoms with Crippen LogP contribution in [0.15, 0.2) is 70.0 Å². The van der Waals surface area contributed by atoms with Gasteiger partial charge in [0, 0.05) is 12.6 Å². The Kier molecular flexibility index (Phi) is 4.78. The van der Waals surface area contributed by atoms with Crippen molar-refractivity contribution in [3.8, 4) is 5.75 Å². The van der Waals surface area contributed by atoms with E-state index in [4.69, 9.17) is 4.18 Å². The molecule has 0 heterocycles. The molecular weight excluding hydrogens is 406 g/mol. The number of rotatable bonds is 4. The molecule has 0 aromatic heterocycles. The fourth-order valence-electron chi connectivity index (χ4n) is 2.36. The molecule has 3 rings (SSSR count). The van der Waals surface area contributed by atoms with E-state index in [1.165, 1.54) is 31.3 Å². The van der Waals surface area contributed by atoms with Crippen molar-refractivity contribution in [3.63, 3.8) is 0 Å². The molecule has 0 bridgehead atoms. The Balaban J connectivity index is 1.94. The van der Waals surface area contributed by atoms with Crippen LogP contribution in [0.4, 0.5) is 0 Å². The van der Waals surface area contributed by atoms with Crippen molar-refractivity contribution in [2.24, 2.45) is 0 Å². The van der Waals surface area contributed by atoms with Crippen molar-refractivity contribution in [3.05, 3.63) is 70.7 Å². The van der Waals surface area contributed by atoms with Gasteiger partial charge in [-0.05, 0) is 57.0 Å². The standard InChI is InChI=1S/C18H14BrNO4S/c1-20-18(21)13-6-9-14(10-7-13)25(22,23)24-16-11-8-12-4-2-3-5-15(12)17(16)19/h2-11H,1H3,(H,20,21). The van der Waals surface area contributed by atoms with Gasteiger partial charge in [0.05, 0.1) is 4.47 Å². The normalized spacial score (nSPS) is 11.3. The van der Waals surface area contributed by atoms with Crippen LogP contribution in [-0.4, -0.2) is 21.4 Å². The van der Waals surface area contributed by atoms with Crippen LogP contribution in [0.5, 0.6) is 5.75 Å². The Bertz CT molecular complexity index is 1050. The molecule has 0 aliphatic heterocycles. The molecule has 0 radical (unpaired) electrons. The molecule has 0 atom stereocenters. The lowest BCUT2D eigenvalue weighted by Crippen LogP contribution is -2.18. The van der Waals surface area contributed by atoms with Crippen molar-refractivity contribution >= 4 is 42.7 Å². The van der Waals surface area contributed by atoms with Crippen LogP contribution in [0.3, 0.4) is 0 Å². The van der Waals surface area contributed by atoms with E-state index in [1.54, 1.807) is 12.1 Å². The predicted octanol–water partition coefficient (Wildman–Crippen LogP) is 3.73. The maximum absolute atomic E-state index is 12.5. The van der Waals surface area contributed by atoms with Crippen LogP contribution in [-0.2, 0) is 10.1 Å². The molecule has 0 aliphatic rings. The van der Waals surface area contributed by atoms with Crippen molar-refractivity contribution in [1.29, 1.82) is 0 Å². The van der Waals surface area contributed by atoms with Crippen LogP contribution >= 0.6 is 15.9 Å². The zero-order valence-corrected chi connectivity index (χ0v) is 15.6. The van der Waals surface area contributed by atoms with E-state index >= 15 is 0 Å². The molecule has 3 aromatic rings. The van der Waals surface area contributed by atoms with Gasteiger partial charge in [-0.2, -0.15) is 8.42 Å². The first-order valence-electron chi connectivity index (χ1n) is 7.36. The van der Waals surface area contributed by atoms with Crippen molar-refractivity contribution in [2.45, 2.75) is 4.90 Å². The highest BCUT2D eigenvalue weighted by Gasteiger charge is 2.19. The summed E-state index contributed by atoms with van der Waals surface area (Å²) in [4.78, 5) is 11.5. The summed E-state index contributed by atoms with van der Waals surface area (Å²) in [7, 11) is -2.51. The number of benzene rings is 3. The lowest BCUT2D eigenvalue weighted by atomic mass is 10.1. The van der Waals surface area contributed by atoms with E-state index < -0.39 is 10.1 Å². The molecule has 0 saturated heterocycles. The zero-order chi connectivity index (χ0) is 18.0. The first kappa shape index (κ1) is 17.4. The summed E-state index contributed by atoms with van der Waals surface area (Å²) in [6.07, 6.45) is 0. The first-order chi connectivity index (χ1) is 11.9. The van der Waals surface area contributed by atoms with Crippen LogP contribution in [0.2, 0.25) is 0 Å². The van der Waals surface area contributed by atoms with Gasteiger partial charge in [-0.1, -0.05) is 30.3 Å². The van der Waals surface area contributed by atoms with Crippen molar-refractivity contribution in [2.75, 3.05) is 7.05 Å². The quantitative estimate of drug-likeness (QED) is 0.653. The molecule has 25 heavy (non-hydrogen) atoms. The van der Waals surface area contributed by atoms with Crippen LogP contribution in [0.1, 0.15) is 10.4 Å². The average Bonchev–Trinajstić information content (AvgIpc) is 2.63. The van der Waals surface area contributed by atoms with Gasteiger partial charge in [0.15, 0.2) is 5.75 Å². The highest BCUT2D eigenvalue weighted by atomic mass is 79.9. The summed E-state index contributed by atoms with van der Waals surface area (Å²) in [6.45, 7) is 0. The van der Waals surface area contributed by atoms with E-state index in [1.807, 2.05) is 24.3 Å². The number of nitrogens with one attached hydrogen (secondary N) is 1. The first-order valence-corrected chi connectivity index (χ1v) is 9.56. The van der Waals surface area contributed by atoms with Gasteiger partial charge in [-0.3, -0.25) is 4.79 Å². The van der Waals surface area contributed by atoms with Crippen molar-refractivity contribution in [1.82, 2.24) is 5.32 Å². The molecule has 5 nitrogen and oxygen atoms in total. The number of hydrogen-bond acceptors (Lipinski definition) is 4. The highest BCUT2D eigenvalue weighted by Crippen LogP contribution is 2.34. The number of carbonyl (C=O) groups is 1. The second-order valence-electron chi connectivity index (χ2n) is 5.24. The molecule has 3 aromatic carbocycles. The number of carbonyl (C=O) groups excluding carboxylic acids is 1. The fraction of sp³-hybridized carbons (Fsp3) is 0.0556. The molecule has 0 aliphatic carbocycles. The maximum atomic E-state index is 12.5. The molecule has 0 unspecified atom stereocenters. The molecule has 0 saturated carbocycles. The molecule has 0 spiro atoms. The number of halogens is 1. The Labute approximate surface area is 153 Å². The highest BCUT2D eigenvalue weighted by molar-refractivity contribution is 9.10. The predicted molar refractivity (Wildman–Crippen MR) is 99.3 cm³/mol. The summed E-state index contributed by atoms with van der Waals surface area (Å²) in [5, 5.41) is 4.30. The monoisotopic (exact) mass is 419 g/mol. The molecule has 0 fully saturated rings. The van der Waals surface area contributed by atoms with Gasteiger partial charge in [-0.25, -0.2) is 0 Å². The van der Waals surface area contributed by atoms with E-state index in [0.717, 1.165) is 10.8 Å². The molecule has 1 amide bonds. The van der Waals surface area contributed by atoms with Gasteiger partial charge in [0.25, 0.3) is 5.91 Å². The molecular formula is C18H14BrNO4S. The third-order valence-corrected chi connectivity index (χ3v) is 5.73. The summed E-state index contributed by atoms with van der Waals surface area (Å²) in [5.74, 6) is -0.0868. The summed E-state index contributed by atoms with van der Waals surface area (Å²) in [6, 6.07) is 16.5.